The second-order valence-electron chi connectivity index (χ2n) is 5.24. The molecule has 146 valence electrons. The van der Waals surface area contributed by atoms with Gasteiger partial charge in [-0.1, -0.05) is 30.1 Å². The number of halogens is 4. The van der Waals surface area contributed by atoms with E-state index in [2.05, 4.69) is 15.0 Å². The molecular formula is C16H15Cl2F2N3O4. The van der Waals surface area contributed by atoms with Gasteiger partial charge in [-0.05, 0) is 18.6 Å². The van der Waals surface area contributed by atoms with Crippen LogP contribution in [0.3, 0.4) is 0 Å². The van der Waals surface area contributed by atoms with Crippen LogP contribution in [-0.4, -0.2) is 34.1 Å². The lowest BCUT2D eigenvalue weighted by Crippen LogP contribution is -2.13. The van der Waals surface area contributed by atoms with E-state index in [0.717, 1.165) is 24.5 Å². The summed E-state index contributed by atoms with van der Waals surface area (Å²) < 4.78 is 30.1. The third-order valence-corrected chi connectivity index (χ3v) is 3.85. The van der Waals surface area contributed by atoms with Gasteiger partial charge in [0.1, 0.15) is 11.0 Å². The standard InChI is InChI=1S/C16H15Cl2F2N3O4/c1-2-5-21-13-11(27-16(19)20)4-3-8(14(13)24)15(25)22-12-9(17)6-23(26)7-10(12)18/h3-4,6-7,16,21,24,26H,2,5H2,1H3. The molecule has 0 saturated heterocycles. The number of anilines is 1. The smallest absolute Gasteiger partial charge is 0.387 e. The Labute approximate surface area is 162 Å². The topological polar surface area (TPSA) is 96.1 Å². The minimum atomic E-state index is -3.11. The third kappa shape index (κ3) is 5.01. The summed E-state index contributed by atoms with van der Waals surface area (Å²) in [5.41, 5.74) is -0.431. The number of hydrogen-bond acceptors (Lipinski definition) is 5. The molecule has 0 atom stereocenters. The average molecular weight is 422 g/mol. The molecule has 0 bridgehead atoms. The monoisotopic (exact) mass is 421 g/mol. The minimum Gasteiger partial charge on any atom is -0.505 e. The summed E-state index contributed by atoms with van der Waals surface area (Å²) in [4.78, 5) is 16.2. The molecule has 27 heavy (non-hydrogen) atoms. The first-order valence-corrected chi connectivity index (χ1v) is 8.40. The summed E-state index contributed by atoms with van der Waals surface area (Å²) in [6, 6.07) is 2.20. The minimum absolute atomic E-state index is 0.111. The molecule has 11 heteroatoms. The van der Waals surface area contributed by atoms with Crippen LogP contribution in [0.4, 0.5) is 14.5 Å². The van der Waals surface area contributed by atoms with Gasteiger partial charge in [0.05, 0.1) is 28.0 Å². The highest BCUT2D eigenvalue weighted by molar-refractivity contribution is 6.34. The molecule has 7 nitrogen and oxygen atoms in total. The van der Waals surface area contributed by atoms with Crippen molar-refractivity contribution in [1.29, 1.82) is 0 Å². The number of phenolic OH excluding ortho intramolecular Hbond substituents is 1. The van der Waals surface area contributed by atoms with Gasteiger partial charge in [-0.2, -0.15) is 13.5 Å². The SMILES string of the molecule is CCCNc1c(OC(F)F)ccc(C(=O)N=c2c(Cl)cn(O)cc2Cl)c1O. The number of aromatic hydroxyl groups is 1. The van der Waals surface area contributed by atoms with Crippen LogP contribution in [0.25, 0.3) is 0 Å². The maximum absolute atomic E-state index is 12.6. The van der Waals surface area contributed by atoms with Crippen molar-refractivity contribution in [2.24, 2.45) is 4.99 Å². The molecule has 1 amide bonds. The summed E-state index contributed by atoms with van der Waals surface area (Å²) >= 11 is 11.8. The zero-order valence-electron chi connectivity index (χ0n) is 13.9. The maximum atomic E-state index is 12.6. The van der Waals surface area contributed by atoms with E-state index >= 15 is 0 Å². The first-order valence-electron chi connectivity index (χ1n) is 7.64. The first-order chi connectivity index (χ1) is 12.7. The lowest BCUT2D eigenvalue weighted by Gasteiger charge is -2.15. The molecule has 0 fully saturated rings. The largest absolute Gasteiger partial charge is 0.505 e. The van der Waals surface area contributed by atoms with Crippen LogP contribution in [0, 0.1) is 0 Å². The van der Waals surface area contributed by atoms with Crippen LogP contribution in [0.2, 0.25) is 10.0 Å². The number of carbonyl (C=O) groups is 1. The number of ether oxygens (including phenoxy) is 1. The zero-order chi connectivity index (χ0) is 20.1. The van der Waals surface area contributed by atoms with Gasteiger partial charge in [-0.3, -0.25) is 4.79 Å². The molecule has 0 unspecified atom stereocenters. The number of hydrogen-bond donors (Lipinski definition) is 3. The predicted molar refractivity (Wildman–Crippen MR) is 95.0 cm³/mol. The highest BCUT2D eigenvalue weighted by Crippen LogP contribution is 2.38. The summed E-state index contributed by atoms with van der Waals surface area (Å²) in [6.45, 7) is -0.936. The molecule has 1 aromatic carbocycles. The van der Waals surface area contributed by atoms with Crippen LogP contribution in [0.5, 0.6) is 11.5 Å². The van der Waals surface area contributed by atoms with E-state index in [1.807, 2.05) is 6.92 Å². The molecule has 0 radical (unpaired) electrons. The fourth-order valence-corrected chi connectivity index (χ4v) is 2.67. The van der Waals surface area contributed by atoms with Gasteiger partial charge in [0.15, 0.2) is 11.5 Å². The number of pyridine rings is 1. The van der Waals surface area contributed by atoms with Crippen molar-refractivity contribution >= 4 is 34.8 Å². The molecule has 0 spiro atoms. The van der Waals surface area contributed by atoms with E-state index in [1.54, 1.807) is 0 Å². The van der Waals surface area contributed by atoms with Gasteiger partial charge in [-0.25, -0.2) is 4.99 Å². The number of nitrogens with zero attached hydrogens (tertiary/aromatic N) is 2. The number of nitrogens with one attached hydrogen (secondary N) is 1. The molecule has 1 aromatic heterocycles. The van der Waals surface area contributed by atoms with Crippen molar-refractivity contribution in [3.05, 3.63) is 45.5 Å². The summed E-state index contributed by atoms with van der Waals surface area (Å²) in [5.74, 6) is -1.84. The van der Waals surface area contributed by atoms with E-state index in [4.69, 9.17) is 23.2 Å². The van der Waals surface area contributed by atoms with E-state index in [-0.39, 0.29) is 32.4 Å². The number of phenols is 1. The van der Waals surface area contributed by atoms with Gasteiger partial charge in [0.2, 0.25) is 0 Å². The van der Waals surface area contributed by atoms with Gasteiger partial charge in [0.25, 0.3) is 5.91 Å². The molecule has 0 aliphatic heterocycles. The molecule has 2 rings (SSSR count). The van der Waals surface area contributed by atoms with Crippen LogP contribution in [0.1, 0.15) is 23.7 Å². The molecular weight excluding hydrogens is 407 g/mol. The number of alkyl halides is 2. The Balaban J connectivity index is 2.52. The second-order valence-corrected chi connectivity index (χ2v) is 6.05. The Kier molecular flexibility index (Phi) is 6.86. The van der Waals surface area contributed by atoms with Crippen molar-refractivity contribution in [3.8, 4) is 11.5 Å². The third-order valence-electron chi connectivity index (χ3n) is 3.29. The highest BCUT2D eigenvalue weighted by Gasteiger charge is 2.20. The Morgan fingerprint density at radius 1 is 1.33 bits per heavy atom. The van der Waals surface area contributed by atoms with Crippen LogP contribution in [0.15, 0.2) is 29.5 Å². The van der Waals surface area contributed by atoms with Crippen molar-refractivity contribution in [3.63, 3.8) is 0 Å². The lowest BCUT2D eigenvalue weighted by molar-refractivity contribution is -0.0494. The Bertz CT molecular complexity index is 893. The number of carbonyl (C=O) groups excluding carboxylic acids is 1. The van der Waals surface area contributed by atoms with Gasteiger partial charge >= 0.3 is 6.61 Å². The van der Waals surface area contributed by atoms with Crippen molar-refractivity contribution in [2.45, 2.75) is 20.0 Å². The average Bonchev–Trinajstić information content (AvgIpc) is 2.57. The fraction of sp³-hybridized carbons (Fsp3) is 0.250. The zero-order valence-corrected chi connectivity index (χ0v) is 15.4. The van der Waals surface area contributed by atoms with E-state index in [1.165, 1.54) is 0 Å². The summed E-state index contributed by atoms with van der Waals surface area (Å²) in [5, 5.41) is 22.1. The summed E-state index contributed by atoms with van der Waals surface area (Å²) in [7, 11) is 0. The van der Waals surface area contributed by atoms with Gasteiger partial charge < -0.3 is 20.4 Å². The molecule has 1 heterocycles. The number of amides is 1. The van der Waals surface area contributed by atoms with Crippen LogP contribution >= 0.6 is 23.2 Å². The fourth-order valence-electron chi connectivity index (χ4n) is 2.13. The van der Waals surface area contributed by atoms with E-state index < -0.39 is 18.3 Å². The van der Waals surface area contributed by atoms with E-state index in [9.17, 15) is 23.9 Å². The number of benzene rings is 1. The quantitative estimate of drug-likeness (QED) is 0.485. The second kappa shape index (κ2) is 8.92. The van der Waals surface area contributed by atoms with Gasteiger partial charge in [0, 0.05) is 6.54 Å². The first kappa shape index (κ1) is 20.8. The maximum Gasteiger partial charge on any atom is 0.387 e. The van der Waals surface area contributed by atoms with Gasteiger partial charge in [-0.15, -0.1) is 0 Å². The van der Waals surface area contributed by atoms with Crippen molar-refractivity contribution < 1.29 is 28.6 Å². The highest BCUT2D eigenvalue weighted by atomic mass is 35.5. The number of aromatic nitrogens is 1. The van der Waals surface area contributed by atoms with Crippen molar-refractivity contribution in [1.82, 2.24) is 4.73 Å². The van der Waals surface area contributed by atoms with Crippen LogP contribution in [-0.2, 0) is 0 Å². The predicted octanol–water partition coefficient (Wildman–Crippen LogP) is 3.90. The Morgan fingerprint density at radius 3 is 2.52 bits per heavy atom. The molecule has 0 saturated carbocycles. The number of rotatable bonds is 6. The molecule has 3 N–H and O–H groups in total. The normalized spacial score (nSPS) is 10.7. The van der Waals surface area contributed by atoms with Crippen molar-refractivity contribution in [2.75, 3.05) is 11.9 Å². The lowest BCUT2D eigenvalue weighted by atomic mass is 10.1. The Morgan fingerprint density at radius 2 is 1.96 bits per heavy atom. The molecule has 2 aromatic rings. The molecule has 0 aliphatic rings. The summed E-state index contributed by atoms with van der Waals surface area (Å²) in [6.07, 6.45) is 2.76. The van der Waals surface area contributed by atoms with Crippen LogP contribution < -0.4 is 15.4 Å². The molecule has 0 aliphatic carbocycles. The Hall–Kier alpha value is -2.52. The van der Waals surface area contributed by atoms with E-state index in [0.29, 0.717) is 17.7 Å².